The Balaban J connectivity index is 2.13. The second-order valence-corrected chi connectivity index (χ2v) is 6.10. The minimum atomic E-state index is -0.452. The van der Waals surface area contributed by atoms with Crippen molar-refractivity contribution in [2.75, 3.05) is 16.0 Å². The lowest BCUT2D eigenvalue weighted by Gasteiger charge is -2.32. The van der Waals surface area contributed by atoms with E-state index in [2.05, 4.69) is 15.3 Å². The van der Waals surface area contributed by atoms with E-state index in [1.807, 2.05) is 43.0 Å². The monoisotopic (exact) mass is 327 g/mol. The number of nitrogens with one attached hydrogen (secondary N) is 2. The Morgan fingerprint density at radius 1 is 1.38 bits per heavy atom. The van der Waals surface area contributed by atoms with Gasteiger partial charge in [-0.25, -0.2) is 0 Å². The van der Waals surface area contributed by atoms with Crippen LogP contribution in [0.15, 0.2) is 35.1 Å². The highest BCUT2D eigenvalue weighted by atomic mass is 16.2. The topological polar surface area (TPSA) is 104 Å². The summed E-state index contributed by atoms with van der Waals surface area (Å²) in [6.07, 6.45) is 0.817. The minimum absolute atomic E-state index is 0.0750. The first kappa shape index (κ1) is 16.0. The van der Waals surface area contributed by atoms with E-state index in [1.165, 1.54) is 6.07 Å². The van der Waals surface area contributed by atoms with Gasteiger partial charge < -0.3 is 16.0 Å². The number of rotatable bonds is 3. The van der Waals surface area contributed by atoms with E-state index in [-0.39, 0.29) is 23.2 Å². The fourth-order valence-electron chi connectivity index (χ4n) is 3.00. The van der Waals surface area contributed by atoms with E-state index >= 15 is 0 Å². The van der Waals surface area contributed by atoms with Crippen LogP contribution in [0.3, 0.4) is 0 Å². The molecule has 0 fully saturated rings. The van der Waals surface area contributed by atoms with Crippen molar-refractivity contribution in [3.63, 3.8) is 0 Å². The van der Waals surface area contributed by atoms with Crippen LogP contribution in [0.5, 0.6) is 0 Å². The van der Waals surface area contributed by atoms with Crippen LogP contribution in [0.1, 0.15) is 25.8 Å². The number of hydrogen-bond acceptors (Lipinski definition) is 5. The standard InChI is InChI=1S/C17H21N5O2/c1-3-10(2)15-16(24)19-12-7-5-4-6-11(12)9-22(15)17-20-13(18)8-14(23)21-17/h4-8,10,15H,3,9H2,1-2H3,(H,19,24)(H3,18,20,21,23)/t10-,15?/m0/s1. The van der Waals surface area contributed by atoms with Crippen LogP contribution < -0.4 is 21.5 Å². The van der Waals surface area contributed by atoms with Crippen molar-refractivity contribution in [3.05, 3.63) is 46.2 Å². The van der Waals surface area contributed by atoms with Crippen LogP contribution in [-0.2, 0) is 11.3 Å². The second kappa shape index (κ2) is 6.35. The number of carbonyl (C=O) groups excluding carboxylic acids is 1. The molecule has 0 bridgehead atoms. The average Bonchev–Trinajstić information content (AvgIpc) is 2.69. The Morgan fingerprint density at radius 3 is 2.83 bits per heavy atom. The third kappa shape index (κ3) is 2.97. The summed E-state index contributed by atoms with van der Waals surface area (Å²) in [5.74, 6) is 0.414. The molecule has 1 aromatic heterocycles. The maximum atomic E-state index is 12.8. The predicted octanol–water partition coefficient (Wildman–Crippen LogP) is 1.73. The zero-order chi connectivity index (χ0) is 17.3. The van der Waals surface area contributed by atoms with E-state index in [4.69, 9.17) is 5.73 Å². The molecule has 1 amide bonds. The lowest BCUT2D eigenvalue weighted by atomic mass is 9.97. The van der Waals surface area contributed by atoms with Gasteiger partial charge in [-0.05, 0) is 17.5 Å². The van der Waals surface area contributed by atoms with E-state index in [9.17, 15) is 9.59 Å². The lowest BCUT2D eigenvalue weighted by molar-refractivity contribution is -0.118. The van der Waals surface area contributed by atoms with Crippen LogP contribution in [0.2, 0.25) is 0 Å². The first-order valence-electron chi connectivity index (χ1n) is 8.02. The Bertz CT molecular complexity index is 817. The van der Waals surface area contributed by atoms with Gasteiger partial charge in [0.15, 0.2) is 0 Å². The highest BCUT2D eigenvalue weighted by Crippen LogP contribution is 2.29. The van der Waals surface area contributed by atoms with E-state index in [1.54, 1.807) is 0 Å². The first-order valence-corrected chi connectivity index (χ1v) is 8.02. The number of anilines is 3. The van der Waals surface area contributed by atoms with Gasteiger partial charge in [-0.2, -0.15) is 4.98 Å². The third-order valence-corrected chi connectivity index (χ3v) is 4.42. The molecule has 0 saturated heterocycles. The van der Waals surface area contributed by atoms with Crippen molar-refractivity contribution in [1.29, 1.82) is 0 Å². The highest BCUT2D eigenvalue weighted by molar-refractivity contribution is 5.98. The van der Waals surface area contributed by atoms with E-state index in [0.29, 0.717) is 12.5 Å². The quantitative estimate of drug-likeness (QED) is 0.796. The number of carbonyl (C=O) groups is 1. The summed E-state index contributed by atoms with van der Waals surface area (Å²) < 4.78 is 0. The predicted molar refractivity (Wildman–Crippen MR) is 93.8 cm³/mol. The number of hydrogen-bond donors (Lipinski definition) is 3. The molecule has 1 aromatic carbocycles. The molecule has 0 aliphatic carbocycles. The molecule has 7 nitrogen and oxygen atoms in total. The maximum absolute atomic E-state index is 12.8. The van der Waals surface area contributed by atoms with E-state index < -0.39 is 6.04 Å². The SMILES string of the molecule is CC[C@H](C)C1C(=O)Nc2ccccc2CN1c1nc(N)cc(=O)[nH]1. The molecular weight excluding hydrogens is 306 g/mol. The number of nitrogen functional groups attached to an aromatic ring is 1. The van der Waals surface area contributed by atoms with Crippen molar-refractivity contribution < 1.29 is 4.79 Å². The minimum Gasteiger partial charge on any atom is -0.383 e. The number of nitrogens with zero attached hydrogens (tertiary/aromatic N) is 2. The van der Waals surface area contributed by atoms with Crippen LogP contribution in [0.25, 0.3) is 0 Å². The van der Waals surface area contributed by atoms with Gasteiger partial charge in [-0.3, -0.25) is 14.6 Å². The molecular formula is C17H21N5O2. The highest BCUT2D eigenvalue weighted by Gasteiger charge is 2.35. The lowest BCUT2D eigenvalue weighted by Crippen LogP contribution is -2.47. The Hall–Kier alpha value is -2.83. The summed E-state index contributed by atoms with van der Waals surface area (Å²) in [4.78, 5) is 33.4. The first-order chi connectivity index (χ1) is 11.5. The van der Waals surface area contributed by atoms with Gasteiger partial charge in [0.1, 0.15) is 11.9 Å². The van der Waals surface area contributed by atoms with E-state index in [0.717, 1.165) is 17.7 Å². The average molecular weight is 327 g/mol. The molecule has 2 heterocycles. The van der Waals surface area contributed by atoms with Crippen molar-refractivity contribution in [2.45, 2.75) is 32.9 Å². The van der Waals surface area contributed by atoms with Crippen molar-refractivity contribution in [2.24, 2.45) is 5.92 Å². The molecule has 0 radical (unpaired) electrons. The summed E-state index contributed by atoms with van der Waals surface area (Å²) >= 11 is 0. The van der Waals surface area contributed by atoms with Crippen LogP contribution >= 0.6 is 0 Å². The second-order valence-electron chi connectivity index (χ2n) is 6.10. The van der Waals surface area contributed by atoms with Gasteiger partial charge in [0.25, 0.3) is 5.56 Å². The number of benzene rings is 1. The zero-order valence-corrected chi connectivity index (χ0v) is 13.7. The number of amides is 1. The number of nitrogens with two attached hydrogens (primary N) is 1. The van der Waals surface area contributed by atoms with Crippen molar-refractivity contribution in [3.8, 4) is 0 Å². The number of H-pyrrole nitrogens is 1. The molecule has 3 rings (SSSR count). The van der Waals surface area contributed by atoms with Crippen molar-refractivity contribution >= 4 is 23.4 Å². The normalized spacial score (nSPS) is 18.5. The largest absolute Gasteiger partial charge is 0.383 e. The molecule has 4 N–H and O–H groups in total. The number of para-hydroxylation sites is 1. The number of aromatic nitrogens is 2. The molecule has 2 atom stereocenters. The molecule has 0 spiro atoms. The van der Waals surface area contributed by atoms with Gasteiger partial charge in [0.05, 0.1) is 0 Å². The Morgan fingerprint density at radius 2 is 2.12 bits per heavy atom. The molecule has 1 unspecified atom stereocenters. The Kier molecular flexibility index (Phi) is 4.24. The Labute approximate surface area is 139 Å². The van der Waals surface area contributed by atoms with Gasteiger partial charge in [0.2, 0.25) is 11.9 Å². The van der Waals surface area contributed by atoms with Crippen LogP contribution in [-0.4, -0.2) is 21.9 Å². The molecule has 1 aliphatic rings. The maximum Gasteiger partial charge on any atom is 0.254 e. The van der Waals surface area contributed by atoms with Crippen LogP contribution in [0.4, 0.5) is 17.5 Å². The zero-order valence-electron chi connectivity index (χ0n) is 13.7. The van der Waals surface area contributed by atoms with Crippen molar-refractivity contribution in [1.82, 2.24) is 9.97 Å². The van der Waals surface area contributed by atoms with Gasteiger partial charge in [0, 0.05) is 18.3 Å². The summed E-state index contributed by atoms with van der Waals surface area (Å²) in [7, 11) is 0. The fourth-order valence-corrected chi connectivity index (χ4v) is 3.00. The molecule has 24 heavy (non-hydrogen) atoms. The summed E-state index contributed by atoms with van der Waals surface area (Å²) in [6.45, 7) is 4.50. The summed E-state index contributed by atoms with van der Waals surface area (Å²) in [5, 5.41) is 2.99. The summed E-state index contributed by atoms with van der Waals surface area (Å²) in [5.41, 5.74) is 7.14. The molecule has 2 aromatic rings. The number of aromatic amines is 1. The molecule has 0 saturated carbocycles. The van der Waals surface area contributed by atoms with Crippen LogP contribution in [0, 0.1) is 5.92 Å². The molecule has 7 heteroatoms. The molecule has 1 aliphatic heterocycles. The smallest absolute Gasteiger partial charge is 0.254 e. The van der Waals surface area contributed by atoms with Gasteiger partial charge in [-0.15, -0.1) is 0 Å². The van der Waals surface area contributed by atoms with Gasteiger partial charge in [-0.1, -0.05) is 38.5 Å². The van der Waals surface area contributed by atoms with Gasteiger partial charge >= 0.3 is 0 Å². The summed E-state index contributed by atoms with van der Waals surface area (Å²) in [6, 6.07) is 8.41. The third-order valence-electron chi connectivity index (χ3n) is 4.42. The number of fused-ring (bicyclic) bond motifs is 1. The fraction of sp³-hybridized carbons (Fsp3) is 0.353. The molecule has 126 valence electrons.